The van der Waals surface area contributed by atoms with Crippen molar-refractivity contribution in [3.8, 4) is 5.75 Å². The van der Waals surface area contributed by atoms with Crippen molar-refractivity contribution in [1.29, 1.82) is 0 Å². The second-order valence-electron chi connectivity index (χ2n) is 5.54. The third kappa shape index (κ3) is 2.56. The minimum absolute atomic E-state index is 0.0432. The van der Waals surface area contributed by atoms with Crippen molar-refractivity contribution in [3.63, 3.8) is 0 Å². The Balaban J connectivity index is 2.11. The summed E-state index contributed by atoms with van der Waals surface area (Å²) in [7, 11) is 1.48. The van der Waals surface area contributed by atoms with Crippen LogP contribution in [0.5, 0.6) is 5.75 Å². The second kappa shape index (κ2) is 5.45. The molecule has 0 fully saturated rings. The number of nitrogens with one attached hydrogen (secondary N) is 2. The minimum Gasteiger partial charge on any atom is -0.496 e. The second-order valence-corrected chi connectivity index (χ2v) is 5.54. The molecule has 0 amide bonds. The topological polar surface area (TPSA) is 123 Å². The maximum Gasteiger partial charge on any atom is 0.335 e. The van der Waals surface area contributed by atoms with E-state index in [2.05, 4.69) is 10.6 Å². The summed E-state index contributed by atoms with van der Waals surface area (Å²) in [5, 5.41) is 14.5. The van der Waals surface area contributed by atoms with Crippen LogP contribution in [-0.2, 0) is 11.7 Å². The number of carboxylic acid groups (broad SMARTS) is 1. The highest BCUT2D eigenvalue weighted by Crippen LogP contribution is 2.38. The number of rotatable bonds is 3. The summed E-state index contributed by atoms with van der Waals surface area (Å²) in [6.45, 7) is 0. The van der Waals surface area contributed by atoms with Gasteiger partial charge in [-0.15, -0.1) is 0 Å². The average molecular weight is 332 g/mol. The van der Waals surface area contributed by atoms with Gasteiger partial charge in [0.05, 0.1) is 12.7 Å². The van der Waals surface area contributed by atoms with E-state index in [1.54, 1.807) is 24.3 Å². The van der Waals surface area contributed by atoms with E-state index < -0.39 is 17.7 Å². The molecule has 0 aliphatic carbocycles. The molecular formula is C16H17FN4O3. The largest absolute Gasteiger partial charge is 0.496 e. The Morgan fingerprint density at radius 3 is 2.58 bits per heavy atom. The van der Waals surface area contributed by atoms with Gasteiger partial charge in [-0.3, -0.25) is 11.5 Å². The lowest BCUT2D eigenvalue weighted by Crippen LogP contribution is -2.68. The normalized spacial score (nSPS) is 25.5. The first-order valence-electron chi connectivity index (χ1n) is 7.12. The summed E-state index contributed by atoms with van der Waals surface area (Å²) < 4.78 is 20.3. The third-order valence-corrected chi connectivity index (χ3v) is 3.90. The molecule has 0 radical (unpaired) electrons. The standard InChI is InChI=1S/C16H17FN4O3/c1-24-13-5-3-2-4-10(13)16(19)20-12-7-6-9(14(22)23)8-11(12)15(17,18)21-16/h2-8,20-21H,18-19H2,1H3,(H,22,23). The number of hydrogen-bond acceptors (Lipinski definition) is 6. The van der Waals surface area contributed by atoms with Crippen LogP contribution in [0.2, 0.25) is 0 Å². The molecule has 24 heavy (non-hydrogen) atoms. The SMILES string of the molecule is COc1ccccc1C1(N)Nc2ccc(C(=O)O)cc2C(N)(F)N1. The zero-order valence-corrected chi connectivity index (χ0v) is 12.8. The van der Waals surface area contributed by atoms with E-state index in [1.807, 2.05) is 0 Å². The number of carbonyl (C=O) groups is 1. The van der Waals surface area contributed by atoms with E-state index in [-0.39, 0.29) is 16.8 Å². The van der Waals surface area contributed by atoms with Crippen molar-refractivity contribution in [1.82, 2.24) is 5.32 Å². The molecule has 0 bridgehead atoms. The number of nitrogens with two attached hydrogens (primary N) is 2. The van der Waals surface area contributed by atoms with Crippen molar-refractivity contribution in [2.75, 3.05) is 12.4 Å². The zero-order chi connectivity index (χ0) is 17.5. The first-order valence-corrected chi connectivity index (χ1v) is 7.12. The van der Waals surface area contributed by atoms with Crippen LogP contribution in [0, 0.1) is 0 Å². The molecule has 126 valence electrons. The van der Waals surface area contributed by atoms with Gasteiger partial charge in [0.25, 0.3) is 0 Å². The molecule has 2 aromatic rings. The van der Waals surface area contributed by atoms with E-state index in [9.17, 15) is 4.79 Å². The Morgan fingerprint density at radius 1 is 1.21 bits per heavy atom. The number of alkyl halides is 1. The van der Waals surface area contributed by atoms with Crippen molar-refractivity contribution < 1.29 is 19.0 Å². The van der Waals surface area contributed by atoms with Gasteiger partial charge < -0.3 is 15.2 Å². The highest BCUT2D eigenvalue weighted by Gasteiger charge is 2.45. The first-order chi connectivity index (χ1) is 11.3. The molecule has 0 spiro atoms. The molecule has 8 heteroatoms. The number of hydrogen-bond donors (Lipinski definition) is 5. The van der Waals surface area contributed by atoms with Gasteiger partial charge in [0.1, 0.15) is 5.75 Å². The summed E-state index contributed by atoms with van der Waals surface area (Å²) >= 11 is 0. The van der Waals surface area contributed by atoms with Crippen molar-refractivity contribution in [2.24, 2.45) is 11.5 Å². The lowest BCUT2D eigenvalue weighted by molar-refractivity contribution is 0.0661. The number of anilines is 1. The van der Waals surface area contributed by atoms with Gasteiger partial charge in [-0.2, -0.15) is 0 Å². The minimum atomic E-state index is -2.54. The van der Waals surface area contributed by atoms with Gasteiger partial charge in [0.15, 0.2) is 5.79 Å². The van der Waals surface area contributed by atoms with E-state index in [0.29, 0.717) is 11.3 Å². The number of methoxy groups -OCH3 is 1. The maximum atomic E-state index is 15.0. The molecule has 2 atom stereocenters. The molecule has 7 N–H and O–H groups in total. The van der Waals surface area contributed by atoms with Crippen LogP contribution in [0.15, 0.2) is 42.5 Å². The van der Waals surface area contributed by atoms with Crippen molar-refractivity contribution in [3.05, 3.63) is 59.2 Å². The first kappa shape index (κ1) is 16.2. The summed E-state index contributed by atoms with van der Waals surface area (Å²) in [6, 6.07) is 10.8. The summed E-state index contributed by atoms with van der Waals surface area (Å²) in [6.07, 6.45) is 0. The van der Waals surface area contributed by atoms with Gasteiger partial charge in [-0.1, -0.05) is 18.2 Å². The Hall–Kier alpha value is -2.68. The van der Waals surface area contributed by atoms with E-state index in [4.69, 9.17) is 21.3 Å². The van der Waals surface area contributed by atoms with Gasteiger partial charge in [0.2, 0.25) is 5.92 Å². The molecule has 0 aromatic heterocycles. The third-order valence-electron chi connectivity index (χ3n) is 3.90. The number of fused-ring (bicyclic) bond motifs is 1. The molecule has 0 saturated heterocycles. The van der Waals surface area contributed by atoms with Gasteiger partial charge in [0, 0.05) is 16.8 Å². The van der Waals surface area contributed by atoms with Crippen LogP contribution < -0.4 is 26.8 Å². The number of benzene rings is 2. The number of halogens is 1. The van der Waals surface area contributed by atoms with Crippen LogP contribution in [0.4, 0.5) is 10.1 Å². The highest BCUT2D eigenvalue weighted by molar-refractivity contribution is 5.88. The van der Waals surface area contributed by atoms with Crippen LogP contribution in [0.1, 0.15) is 21.5 Å². The van der Waals surface area contributed by atoms with Crippen LogP contribution >= 0.6 is 0 Å². The summed E-state index contributed by atoms with van der Waals surface area (Å²) in [5.74, 6) is -4.82. The number of aromatic carboxylic acids is 1. The molecule has 1 heterocycles. The highest BCUT2D eigenvalue weighted by atomic mass is 19.1. The van der Waals surface area contributed by atoms with Gasteiger partial charge in [-0.05, 0) is 24.3 Å². The van der Waals surface area contributed by atoms with Crippen LogP contribution in [0.25, 0.3) is 0 Å². The lowest BCUT2D eigenvalue weighted by Gasteiger charge is -2.44. The van der Waals surface area contributed by atoms with Crippen LogP contribution in [0.3, 0.4) is 0 Å². The fourth-order valence-corrected chi connectivity index (χ4v) is 2.79. The monoisotopic (exact) mass is 332 g/mol. The number of carboxylic acids is 1. The lowest BCUT2D eigenvalue weighted by atomic mass is 9.97. The van der Waals surface area contributed by atoms with Gasteiger partial charge in [-0.25, -0.2) is 14.5 Å². The van der Waals surface area contributed by atoms with Gasteiger partial charge >= 0.3 is 5.97 Å². The van der Waals surface area contributed by atoms with E-state index in [1.165, 1.54) is 25.3 Å². The molecule has 2 aromatic carbocycles. The fraction of sp³-hybridized carbons (Fsp3) is 0.188. The predicted octanol–water partition coefficient (Wildman–Crippen LogP) is 1.22. The van der Waals surface area contributed by atoms with Crippen LogP contribution in [-0.4, -0.2) is 18.2 Å². The van der Waals surface area contributed by atoms with E-state index in [0.717, 1.165) is 0 Å². The molecule has 1 aliphatic heterocycles. The molecular weight excluding hydrogens is 315 g/mol. The number of ether oxygens (including phenoxy) is 1. The zero-order valence-electron chi connectivity index (χ0n) is 12.8. The summed E-state index contributed by atoms with van der Waals surface area (Å²) in [5.41, 5.74) is 12.7. The Labute approximate surface area is 137 Å². The quantitative estimate of drug-likeness (QED) is 0.535. The van der Waals surface area contributed by atoms with E-state index >= 15 is 4.39 Å². The summed E-state index contributed by atoms with van der Waals surface area (Å²) in [4.78, 5) is 11.1. The Morgan fingerprint density at radius 2 is 1.92 bits per heavy atom. The Bertz CT molecular complexity index is 812. The number of para-hydroxylation sites is 1. The molecule has 1 aliphatic rings. The van der Waals surface area contributed by atoms with Crippen molar-refractivity contribution >= 4 is 11.7 Å². The molecule has 0 saturated carbocycles. The smallest absolute Gasteiger partial charge is 0.335 e. The predicted molar refractivity (Wildman–Crippen MR) is 86.0 cm³/mol. The molecule has 2 unspecified atom stereocenters. The molecule has 3 rings (SSSR count). The fourth-order valence-electron chi connectivity index (χ4n) is 2.79. The average Bonchev–Trinajstić information content (AvgIpc) is 2.53. The molecule has 7 nitrogen and oxygen atoms in total. The maximum absolute atomic E-state index is 15.0. The van der Waals surface area contributed by atoms with Crippen molar-refractivity contribution in [2.45, 2.75) is 11.7 Å². The Kier molecular flexibility index (Phi) is 3.67.